The smallest absolute Gasteiger partial charge is 0.418 e. The van der Waals surface area contributed by atoms with Gasteiger partial charge in [-0.1, -0.05) is 5.92 Å². The van der Waals surface area contributed by atoms with Crippen LogP contribution in [0.1, 0.15) is 82.8 Å². The van der Waals surface area contributed by atoms with Gasteiger partial charge in [-0.05, 0) is 44.9 Å². The highest BCUT2D eigenvalue weighted by atomic mass is 19.4. The highest BCUT2D eigenvalue weighted by molar-refractivity contribution is 5.92. The molecule has 3 aromatic rings. The molecule has 3 atom stereocenters. The van der Waals surface area contributed by atoms with Crippen molar-refractivity contribution >= 4 is 17.4 Å². The molecular formula is C35H39F5N8O3. The summed E-state index contributed by atoms with van der Waals surface area (Å²) in [5.41, 5.74) is 4.40. The molecule has 2 saturated heterocycles. The first-order chi connectivity index (χ1) is 24.3. The summed E-state index contributed by atoms with van der Waals surface area (Å²) in [6.07, 6.45) is -4.95. The first kappa shape index (κ1) is 34.9. The van der Waals surface area contributed by atoms with Gasteiger partial charge in [-0.3, -0.25) is 14.4 Å². The molecule has 0 saturated carbocycles. The van der Waals surface area contributed by atoms with Crippen molar-refractivity contribution in [2.45, 2.75) is 82.7 Å². The highest BCUT2D eigenvalue weighted by Crippen LogP contribution is 2.45. The van der Waals surface area contributed by atoms with Gasteiger partial charge in [0, 0.05) is 63.3 Å². The number of aryl methyl sites for hydroxylation is 1. The van der Waals surface area contributed by atoms with Gasteiger partial charge in [-0.15, -0.1) is 5.92 Å². The normalized spacial score (nSPS) is 23.2. The SMILES string of the molecule is CC#Cc1cc(N)c(F)c(C2Cc3nc(OC[C@@]45CCCN4C[C@H](F)C5)nc(N4CCCn5nc(C(=O)N(C)C)cc5C4)c3CO2)c1C(F)(F)F. The number of nitrogens with two attached hydrogens (primary N) is 1. The first-order valence-corrected chi connectivity index (χ1v) is 17.0. The topological polar surface area (TPSA) is 115 Å². The number of carbonyl (C=O) groups is 1. The van der Waals surface area contributed by atoms with E-state index in [4.69, 9.17) is 20.2 Å². The Balaban J connectivity index is 1.28. The van der Waals surface area contributed by atoms with Crippen LogP contribution in [0.25, 0.3) is 0 Å². The standard InChI is InChI=1S/C35H39F5N8O3/c1-4-7-20-12-24(41)30(37)28(29(20)35(38,39)40)27-14-25-23(18-50-27)31(43-33(42-25)51-19-34-8-5-10-47(34)16-21(36)15-34)46-9-6-11-48-22(17-46)13-26(44-48)32(49)45(2)3/h12-13,21,27H,5-6,8-11,14-19,41H2,1-3H3/t21-,27?,34+/m1/s1. The van der Waals surface area contributed by atoms with Gasteiger partial charge in [0.1, 0.15) is 18.6 Å². The van der Waals surface area contributed by atoms with Crippen molar-refractivity contribution in [3.8, 4) is 17.9 Å². The van der Waals surface area contributed by atoms with Crippen molar-refractivity contribution in [3.63, 3.8) is 0 Å². The second kappa shape index (κ2) is 13.2. The summed E-state index contributed by atoms with van der Waals surface area (Å²) in [6.45, 7) is 3.76. The second-order valence-electron chi connectivity index (χ2n) is 13.8. The van der Waals surface area contributed by atoms with E-state index in [9.17, 15) is 22.4 Å². The Morgan fingerprint density at radius 3 is 2.75 bits per heavy atom. The Kier molecular flexibility index (Phi) is 9.07. The summed E-state index contributed by atoms with van der Waals surface area (Å²) >= 11 is 0. The quantitative estimate of drug-likeness (QED) is 0.221. The van der Waals surface area contributed by atoms with Crippen LogP contribution in [0.5, 0.6) is 6.01 Å². The maximum absolute atomic E-state index is 15.7. The lowest BCUT2D eigenvalue weighted by atomic mass is 9.91. The fourth-order valence-corrected chi connectivity index (χ4v) is 7.91. The van der Waals surface area contributed by atoms with E-state index in [1.165, 1.54) is 11.8 Å². The molecule has 2 N–H and O–H groups in total. The number of hydrogen-bond donors (Lipinski definition) is 1. The van der Waals surface area contributed by atoms with E-state index >= 15 is 4.39 Å². The van der Waals surface area contributed by atoms with Crippen molar-refractivity contribution in [2.24, 2.45) is 0 Å². The van der Waals surface area contributed by atoms with E-state index in [-0.39, 0.29) is 31.6 Å². The number of amides is 1. The second-order valence-corrected chi connectivity index (χ2v) is 13.8. The number of fused-ring (bicyclic) bond motifs is 3. The molecule has 7 rings (SSSR count). The number of aromatic nitrogens is 4. The third-order valence-electron chi connectivity index (χ3n) is 10.2. The molecule has 51 heavy (non-hydrogen) atoms. The Morgan fingerprint density at radius 2 is 2.00 bits per heavy atom. The van der Waals surface area contributed by atoms with Crippen LogP contribution >= 0.6 is 0 Å². The van der Waals surface area contributed by atoms with Crippen LogP contribution in [0.15, 0.2) is 12.1 Å². The highest BCUT2D eigenvalue weighted by Gasteiger charge is 2.49. The number of hydrogen-bond acceptors (Lipinski definition) is 9. The van der Waals surface area contributed by atoms with Crippen molar-refractivity contribution in [2.75, 3.05) is 51.0 Å². The number of nitrogens with zero attached hydrogens (tertiary/aromatic N) is 7. The average molecular weight is 715 g/mol. The fourth-order valence-electron chi connectivity index (χ4n) is 7.91. The van der Waals surface area contributed by atoms with Crippen LogP contribution in [-0.2, 0) is 37.0 Å². The zero-order valence-electron chi connectivity index (χ0n) is 28.6. The van der Waals surface area contributed by atoms with Gasteiger partial charge >= 0.3 is 12.2 Å². The van der Waals surface area contributed by atoms with Crippen molar-refractivity contribution in [3.05, 3.63) is 57.3 Å². The summed E-state index contributed by atoms with van der Waals surface area (Å²) in [4.78, 5) is 27.7. The minimum atomic E-state index is -4.96. The molecule has 1 aromatic carbocycles. The van der Waals surface area contributed by atoms with Crippen LogP contribution in [0.2, 0.25) is 0 Å². The molecule has 0 bridgehead atoms. The van der Waals surface area contributed by atoms with Gasteiger partial charge in [-0.2, -0.15) is 28.2 Å². The summed E-state index contributed by atoms with van der Waals surface area (Å²) in [5, 5.41) is 4.52. The number of halogens is 5. The van der Waals surface area contributed by atoms with E-state index in [0.29, 0.717) is 61.8 Å². The maximum Gasteiger partial charge on any atom is 0.418 e. The van der Waals surface area contributed by atoms with E-state index in [1.807, 2.05) is 4.90 Å². The molecular weight excluding hydrogens is 675 g/mol. The van der Waals surface area contributed by atoms with Gasteiger partial charge in [0.2, 0.25) is 0 Å². The van der Waals surface area contributed by atoms with Gasteiger partial charge < -0.3 is 25.0 Å². The van der Waals surface area contributed by atoms with E-state index in [0.717, 1.165) is 31.1 Å². The number of benzene rings is 1. The van der Waals surface area contributed by atoms with E-state index in [2.05, 4.69) is 26.8 Å². The summed E-state index contributed by atoms with van der Waals surface area (Å²) in [5.74, 6) is 3.85. The van der Waals surface area contributed by atoms with Crippen molar-refractivity contribution < 1.29 is 36.2 Å². The molecule has 11 nitrogen and oxygen atoms in total. The molecule has 0 spiro atoms. The fraction of sp³-hybridized carbons (Fsp3) is 0.543. The number of nitrogen functional groups attached to an aromatic ring is 1. The van der Waals surface area contributed by atoms with Gasteiger partial charge in [0.05, 0.1) is 47.4 Å². The maximum atomic E-state index is 15.7. The van der Waals surface area contributed by atoms with Crippen LogP contribution in [0.3, 0.4) is 0 Å². The number of alkyl halides is 4. The van der Waals surface area contributed by atoms with Crippen molar-refractivity contribution in [1.82, 2.24) is 29.5 Å². The summed E-state index contributed by atoms with van der Waals surface area (Å²) < 4.78 is 88.0. The van der Waals surface area contributed by atoms with Gasteiger partial charge in [0.25, 0.3) is 5.91 Å². The lowest BCUT2D eigenvalue weighted by Gasteiger charge is -2.33. The lowest BCUT2D eigenvalue weighted by Crippen LogP contribution is -2.43. The minimum Gasteiger partial charge on any atom is -0.461 e. The summed E-state index contributed by atoms with van der Waals surface area (Å²) in [7, 11) is 3.30. The molecule has 2 fully saturated rings. The third-order valence-corrected chi connectivity index (χ3v) is 10.2. The molecule has 16 heteroatoms. The predicted molar refractivity (Wildman–Crippen MR) is 176 cm³/mol. The molecule has 1 unspecified atom stereocenters. The summed E-state index contributed by atoms with van der Waals surface area (Å²) in [6, 6.07) is 2.60. The minimum absolute atomic E-state index is 0.0178. The zero-order valence-corrected chi connectivity index (χ0v) is 28.6. The van der Waals surface area contributed by atoms with Crippen LogP contribution < -0.4 is 15.4 Å². The Morgan fingerprint density at radius 1 is 1.20 bits per heavy atom. The zero-order chi connectivity index (χ0) is 36.2. The first-order valence-electron chi connectivity index (χ1n) is 17.0. The number of rotatable bonds is 6. The predicted octanol–water partition coefficient (Wildman–Crippen LogP) is 4.67. The van der Waals surface area contributed by atoms with E-state index in [1.54, 1.807) is 24.8 Å². The average Bonchev–Trinajstić information content (AvgIpc) is 3.70. The molecule has 0 radical (unpaired) electrons. The molecule has 272 valence electrons. The van der Waals surface area contributed by atoms with Crippen molar-refractivity contribution in [1.29, 1.82) is 0 Å². The Bertz CT molecular complexity index is 1920. The monoisotopic (exact) mass is 714 g/mol. The number of anilines is 2. The molecule has 4 aliphatic heterocycles. The number of ether oxygens (including phenoxy) is 2. The molecule has 4 aliphatic rings. The van der Waals surface area contributed by atoms with Crippen LogP contribution in [0.4, 0.5) is 33.5 Å². The molecule has 1 amide bonds. The lowest BCUT2D eigenvalue weighted by molar-refractivity contribution is -0.140. The molecule has 0 aliphatic carbocycles. The third kappa shape index (κ3) is 6.46. The van der Waals surface area contributed by atoms with Gasteiger partial charge in [0.15, 0.2) is 11.5 Å². The van der Waals surface area contributed by atoms with E-state index < -0.39 is 52.2 Å². The van der Waals surface area contributed by atoms with Crippen LogP contribution in [-0.4, -0.2) is 87.5 Å². The molecule has 2 aromatic heterocycles. The van der Waals surface area contributed by atoms with Crippen LogP contribution in [0, 0.1) is 17.7 Å². The Labute approximate surface area is 291 Å². The van der Waals surface area contributed by atoms with Gasteiger partial charge in [-0.25, -0.2) is 8.78 Å². The Hall–Kier alpha value is -4.49. The molecule has 6 heterocycles. The largest absolute Gasteiger partial charge is 0.461 e. The number of carbonyl (C=O) groups excluding carboxylic acids is 1.